The van der Waals surface area contributed by atoms with Crippen LogP contribution in [0.1, 0.15) is 25.7 Å². The van der Waals surface area contributed by atoms with Crippen molar-refractivity contribution >= 4 is 28.8 Å². The van der Waals surface area contributed by atoms with Crippen LogP contribution < -0.4 is 15.4 Å². The lowest BCUT2D eigenvalue weighted by molar-refractivity contribution is 0.0958. The van der Waals surface area contributed by atoms with Crippen LogP contribution in [0.5, 0.6) is 5.75 Å². The number of amides is 1. The summed E-state index contributed by atoms with van der Waals surface area (Å²) >= 11 is 0. The van der Waals surface area contributed by atoms with Crippen molar-refractivity contribution in [3.8, 4) is 17.1 Å². The van der Waals surface area contributed by atoms with E-state index in [0.717, 1.165) is 11.1 Å². The Bertz CT molecular complexity index is 1700. The fourth-order valence-electron chi connectivity index (χ4n) is 4.00. The normalized spacial score (nSPS) is 12.0. The first-order valence-corrected chi connectivity index (χ1v) is 11.9. The standard InChI is InChI=1S/C29H26N8O2/c1-30-29(38)26-23(32-22-16-10-15-21(27(22)39-3)28-31-18-37(2)36-28)17-24(34-35-26)33-25(19-11-6-4-7-12-19)20-13-8-5-9-14-20/h4-18H,1-3H3,(H,30,38)(H,32,34)/i1D3. The molecule has 3 aromatic carbocycles. The van der Waals surface area contributed by atoms with Crippen LogP contribution >= 0.6 is 0 Å². The first-order valence-electron chi connectivity index (χ1n) is 13.4. The molecule has 2 aromatic heterocycles. The van der Waals surface area contributed by atoms with Gasteiger partial charge in [0.1, 0.15) is 6.33 Å². The zero-order chi connectivity index (χ0) is 29.7. The molecule has 0 radical (unpaired) electrons. The minimum Gasteiger partial charge on any atom is -0.494 e. The summed E-state index contributed by atoms with van der Waals surface area (Å²) in [5.41, 5.74) is 3.32. The molecule has 1 amide bonds. The fourth-order valence-corrected chi connectivity index (χ4v) is 4.00. The molecule has 0 atom stereocenters. The van der Waals surface area contributed by atoms with E-state index in [-0.39, 0.29) is 17.2 Å². The highest BCUT2D eigenvalue weighted by Crippen LogP contribution is 2.37. The van der Waals surface area contributed by atoms with E-state index in [2.05, 4.69) is 25.6 Å². The van der Waals surface area contributed by atoms with Gasteiger partial charge in [0.25, 0.3) is 5.91 Å². The lowest BCUT2D eigenvalue weighted by atomic mass is 10.0. The number of hydrogen-bond donors (Lipinski definition) is 2. The second-order valence-corrected chi connectivity index (χ2v) is 8.36. The summed E-state index contributed by atoms with van der Waals surface area (Å²) in [7, 11) is 3.26. The van der Waals surface area contributed by atoms with Gasteiger partial charge in [0.05, 0.1) is 29.8 Å². The molecule has 2 N–H and O–H groups in total. The van der Waals surface area contributed by atoms with E-state index < -0.39 is 12.9 Å². The number of benzene rings is 3. The van der Waals surface area contributed by atoms with E-state index in [1.165, 1.54) is 13.2 Å². The van der Waals surface area contributed by atoms with Crippen molar-refractivity contribution in [1.82, 2.24) is 30.3 Å². The van der Waals surface area contributed by atoms with Crippen LogP contribution in [0.4, 0.5) is 17.2 Å². The minimum atomic E-state index is -2.73. The Morgan fingerprint density at radius 2 is 1.67 bits per heavy atom. The van der Waals surface area contributed by atoms with Crippen LogP contribution in [0, 0.1) is 0 Å². The average Bonchev–Trinajstić information content (AvgIpc) is 3.42. The molecule has 39 heavy (non-hydrogen) atoms. The second kappa shape index (κ2) is 11.3. The average molecular weight is 522 g/mol. The molecule has 0 aliphatic rings. The number of para-hydroxylation sites is 1. The lowest BCUT2D eigenvalue weighted by Crippen LogP contribution is -2.21. The first-order chi connectivity index (χ1) is 20.2. The van der Waals surface area contributed by atoms with Crippen molar-refractivity contribution in [2.45, 2.75) is 0 Å². The Kier molecular flexibility index (Phi) is 6.31. The van der Waals surface area contributed by atoms with Crippen LogP contribution in [0.15, 0.2) is 96.2 Å². The molecule has 0 saturated heterocycles. The Labute approximate surface area is 229 Å². The summed E-state index contributed by atoms with van der Waals surface area (Å²) < 4.78 is 29.7. The number of aliphatic imine (C=N–C) groups is 1. The number of methoxy groups -OCH3 is 1. The van der Waals surface area contributed by atoms with Crippen LogP contribution in [-0.4, -0.2) is 50.7 Å². The van der Waals surface area contributed by atoms with Gasteiger partial charge < -0.3 is 15.4 Å². The first kappa shape index (κ1) is 21.7. The summed E-state index contributed by atoms with van der Waals surface area (Å²) in [5.74, 6) is 0.0921. The van der Waals surface area contributed by atoms with Crippen molar-refractivity contribution in [1.29, 1.82) is 0 Å². The van der Waals surface area contributed by atoms with Gasteiger partial charge in [-0.3, -0.25) is 9.48 Å². The number of nitrogens with one attached hydrogen (secondary N) is 2. The van der Waals surface area contributed by atoms with Crippen molar-refractivity contribution < 1.29 is 13.6 Å². The van der Waals surface area contributed by atoms with Gasteiger partial charge in [-0.25, -0.2) is 9.98 Å². The van der Waals surface area contributed by atoms with E-state index >= 15 is 0 Å². The van der Waals surface area contributed by atoms with Gasteiger partial charge >= 0.3 is 0 Å². The van der Waals surface area contributed by atoms with Gasteiger partial charge in [-0.2, -0.15) is 5.10 Å². The quantitative estimate of drug-likeness (QED) is 0.288. The Morgan fingerprint density at radius 1 is 0.949 bits per heavy atom. The van der Waals surface area contributed by atoms with Crippen LogP contribution in [0.25, 0.3) is 11.4 Å². The molecule has 0 aliphatic heterocycles. The monoisotopic (exact) mass is 521 g/mol. The molecule has 5 rings (SSSR count). The van der Waals surface area contributed by atoms with Gasteiger partial charge in [-0.15, -0.1) is 10.2 Å². The van der Waals surface area contributed by atoms with E-state index in [1.54, 1.807) is 36.3 Å². The highest BCUT2D eigenvalue weighted by Gasteiger charge is 2.19. The summed E-state index contributed by atoms with van der Waals surface area (Å²) in [4.78, 5) is 22.1. The van der Waals surface area contributed by atoms with Gasteiger partial charge in [-0.1, -0.05) is 66.7 Å². The predicted molar refractivity (Wildman–Crippen MR) is 150 cm³/mol. The molecule has 5 aromatic rings. The summed E-state index contributed by atoms with van der Waals surface area (Å²) in [5, 5.41) is 17.7. The lowest BCUT2D eigenvalue weighted by Gasteiger charge is -2.15. The molecule has 10 heteroatoms. The van der Waals surface area contributed by atoms with E-state index in [9.17, 15) is 4.79 Å². The summed E-state index contributed by atoms with van der Waals surface area (Å²) in [6, 6.07) is 26.0. The molecular weight excluding hydrogens is 492 g/mol. The van der Waals surface area contributed by atoms with Crippen molar-refractivity contribution in [3.63, 3.8) is 0 Å². The maximum atomic E-state index is 13.0. The van der Waals surface area contributed by atoms with Crippen molar-refractivity contribution in [2.75, 3.05) is 19.4 Å². The second-order valence-electron chi connectivity index (χ2n) is 8.36. The Hall–Kier alpha value is -5.38. The topological polar surface area (TPSA) is 119 Å². The van der Waals surface area contributed by atoms with Crippen LogP contribution in [0.3, 0.4) is 0 Å². The van der Waals surface area contributed by atoms with Crippen LogP contribution in [-0.2, 0) is 7.05 Å². The molecule has 10 nitrogen and oxygen atoms in total. The van der Waals surface area contributed by atoms with E-state index in [1.807, 2.05) is 66.0 Å². The molecule has 0 bridgehead atoms. The molecule has 0 unspecified atom stereocenters. The number of anilines is 2. The molecule has 0 fully saturated rings. The Balaban J connectivity index is 1.63. The SMILES string of the molecule is [2H]C([2H])([2H])NC(=O)c1nnc(N=C(c2ccccc2)c2ccccc2)cc1Nc1cccc(-c2ncn(C)n2)c1OC. The number of aromatic nitrogens is 5. The number of hydrogen-bond acceptors (Lipinski definition) is 8. The largest absolute Gasteiger partial charge is 0.494 e. The zero-order valence-corrected chi connectivity index (χ0v) is 21.2. The zero-order valence-electron chi connectivity index (χ0n) is 24.2. The molecule has 2 heterocycles. The summed E-state index contributed by atoms with van der Waals surface area (Å²) in [6.45, 7) is -2.73. The third-order valence-electron chi connectivity index (χ3n) is 5.76. The fraction of sp³-hybridized carbons (Fsp3) is 0.103. The highest BCUT2D eigenvalue weighted by atomic mass is 16.5. The smallest absolute Gasteiger partial charge is 0.273 e. The number of ether oxygens (including phenoxy) is 1. The van der Waals surface area contributed by atoms with Gasteiger partial charge in [-0.05, 0) is 12.1 Å². The molecule has 0 saturated carbocycles. The van der Waals surface area contributed by atoms with Crippen LogP contribution in [0.2, 0.25) is 0 Å². The molecule has 194 valence electrons. The number of aryl methyl sites for hydroxylation is 1. The minimum absolute atomic E-state index is 0.162. The molecule has 0 aliphatic carbocycles. The van der Waals surface area contributed by atoms with Crippen molar-refractivity contribution in [3.05, 3.63) is 108 Å². The number of nitrogens with zero attached hydrogens (tertiary/aromatic N) is 6. The maximum absolute atomic E-state index is 13.0. The number of carbonyl (C=O) groups is 1. The third-order valence-corrected chi connectivity index (χ3v) is 5.76. The highest BCUT2D eigenvalue weighted by molar-refractivity contribution is 6.14. The van der Waals surface area contributed by atoms with Crippen molar-refractivity contribution in [2.24, 2.45) is 12.0 Å². The predicted octanol–water partition coefficient (Wildman–Crippen LogP) is 4.55. The van der Waals surface area contributed by atoms with E-state index in [0.29, 0.717) is 28.5 Å². The van der Waals surface area contributed by atoms with Gasteiger partial charge in [0, 0.05) is 35.3 Å². The Morgan fingerprint density at radius 3 is 2.28 bits per heavy atom. The van der Waals surface area contributed by atoms with E-state index in [4.69, 9.17) is 13.8 Å². The van der Waals surface area contributed by atoms with Gasteiger partial charge in [0.15, 0.2) is 23.1 Å². The number of rotatable bonds is 8. The van der Waals surface area contributed by atoms with Gasteiger partial charge in [0.2, 0.25) is 0 Å². The molecular formula is C29H26N8O2. The third kappa shape index (κ3) is 5.49. The maximum Gasteiger partial charge on any atom is 0.273 e. The summed E-state index contributed by atoms with van der Waals surface area (Å²) in [6.07, 6.45) is 1.57. The molecule has 0 spiro atoms. The number of carbonyl (C=O) groups excluding carboxylic acids is 1.